The maximum atomic E-state index is 9.24. The summed E-state index contributed by atoms with van der Waals surface area (Å²) in [5, 5.41) is 9.55. The molecule has 0 aromatic carbocycles. The number of rotatable bonds is 3. The van der Waals surface area contributed by atoms with Gasteiger partial charge in [0.2, 0.25) is 0 Å². The Hall–Kier alpha value is -1.11. The molecule has 0 heterocycles. The molecular formula is C6H12N2O2. The van der Waals surface area contributed by atoms with Crippen LogP contribution in [0.1, 0.15) is 20.8 Å². The maximum Gasteiger partial charge on any atom is 0.155 e. The molecule has 0 rings (SSSR count). The fourth-order valence-corrected chi connectivity index (χ4v) is 0.180. The molecule has 0 bridgehead atoms. The Morgan fingerprint density at radius 1 is 1.70 bits per heavy atom. The van der Waals surface area contributed by atoms with Gasteiger partial charge in [0.05, 0.1) is 6.07 Å². The summed E-state index contributed by atoms with van der Waals surface area (Å²) in [7, 11) is 0. The Balaban J connectivity index is 0. The summed E-state index contributed by atoms with van der Waals surface area (Å²) < 4.78 is 0. The Morgan fingerprint density at radius 2 is 2.10 bits per heavy atom. The molecule has 0 radical (unpaired) electrons. The van der Waals surface area contributed by atoms with Gasteiger partial charge in [-0.05, 0) is 5.92 Å². The second-order valence-corrected chi connectivity index (χ2v) is 1.99. The van der Waals surface area contributed by atoms with Crippen molar-refractivity contribution in [2.24, 2.45) is 11.3 Å². The first-order valence-corrected chi connectivity index (χ1v) is 2.94. The van der Waals surface area contributed by atoms with E-state index in [1.54, 1.807) is 6.07 Å². The van der Waals surface area contributed by atoms with E-state index < -0.39 is 0 Å². The van der Waals surface area contributed by atoms with Gasteiger partial charge in [-0.25, -0.2) is 0 Å². The normalized spacial score (nSPS) is 7.10. The molecule has 0 fully saturated rings. The molecule has 0 amide bonds. The fraction of sp³-hybridized carbons (Fsp3) is 0.833. The molecule has 0 aliphatic heterocycles. The zero-order chi connectivity index (χ0) is 8.41. The van der Waals surface area contributed by atoms with Crippen molar-refractivity contribution < 1.29 is 4.84 Å². The van der Waals surface area contributed by atoms with Gasteiger partial charge < -0.3 is 4.84 Å². The Bertz CT molecular complexity index is 107. The molecule has 4 heteroatoms. The van der Waals surface area contributed by atoms with Gasteiger partial charge in [0.25, 0.3) is 0 Å². The highest BCUT2D eigenvalue weighted by atomic mass is 16.7. The minimum Gasteiger partial charge on any atom is -0.364 e. The average molecular weight is 144 g/mol. The lowest BCUT2D eigenvalue weighted by Gasteiger charge is -1.95. The zero-order valence-corrected chi connectivity index (χ0v) is 6.50. The standard InChI is InChI=1S/C4H9NO2.C2H3N/c1-4(2)3-7-5-6;1-2-3/h4H,3H2,1-2H3;1H3. The Labute approximate surface area is 60.7 Å². The van der Waals surface area contributed by atoms with Gasteiger partial charge in [-0.1, -0.05) is 13.8 Å². The maximum absolute atomic E-state index is 9.24. The quantitative estimate of drug-likeness (QED) is 0.448. The molecule has 0 aliphatic rings. The van der Waals surface area contributed by atoms with Crippen molar-refractivity contribution in [1.29, 1.82) is 5.26 Å². The van der Waals surface area contributed by atoms with Gasteiger partial charge in [-0.15, -0.1) is 4.91 Å². The molecule has 0 aromatic rings. The highest BCUT2D eigenvalue weighted by molar-refractivity contribution is 4.51. The van der Waals surface area contributed by atoms with Crippen LogP contribution in [-0.4, -0.2) is 6.61 Å². The summed E-state index contributed by atoms with van der Waals surface area (Å²) >= 11 is 0. The van der Waals surface area contributed by atoms with E-state index in [4.69, 9.17) is 5.26 Å². The molecule has 10 heavy (non-hydrogen) atoms. The fourth-order valence-electron chi connectivity index (χ4n) is 0.180. The summed E-state index contributed by atoms with van der Waals surface area (Å²) in [4.78, 5) is 13.4. The van der Waals surface area contributed by atoms with Crippen LogP contribution in [-0.2, 0) is 4.84 Å². The molecule has 58 valence electrons. The van der Waals surface area contributed by atoms with Crippen molar-refractivity contribution in [1.82, 2.24) is 0 Å². The van der Waals surface area contributed by atoms with Crippen LogP contribution in [0, 0.1) is 22.2 Å². The molecule has 4 nitrogen and oxygen atoms in total. The molecular weight excluding hydrogens is 132 g/mol. The Morgan fingerprint density at radius 3 is 2.20 bits per heavy atom. The van der Waals surface area contributed by atoms with Crippen molar-refractivity contribution >= 4 is 0 Å². The monoisotopic (exact) mass is 144 g/mol. The van der Waals surface area contributed by atoms with Gasteiger partial charge in [0.15, 0.2) is 5.34 Å². The molecule has 0 aliphatic carbocycles. The smallest absolute Gasteiger partial charge is 0.155 e. The molecule has 0 N–H and O–H groups in total. The van der Waals surface area contributed by atoms with E-state index in [0.717, 1.165) is 0 Å². The van der Waals surface area contributed by atoms with Gasteiger partial charge in [0.1, 0.15) is 6.61 Å². The highest BCUT2D eigenvalue weighted by Gasteiger charge is 1.90. The largest absolute Gasteiger partial charge is 0.364 e. The molecule has 0 atom stereocenters. The second-order valence-electron chi connectivity index (χ2n) is 1.99. The molecule has 0 saturated carbocycles. The third-order valence-corrected chi connectivity index (χ3v) is 0.461. The predicted molar refractivity (Wildman–Crippen MR) is 37.9 cm³/mol. The van der Waals surface area contributed by atoms with E-state index >= 15 is 0 Å². The van der Waals surface area contributed by atoms with Crippen LogP contribution in [0.2, 0.25) is 0 Å². The number of hydrogen-bond acceptors (Lipinski definition) is 4. The predicted octanol–water partition coefficient (Wildman–Crippen LogP) is 1.87. The van der Waals surface area contributed by atoms with Gasteiger partial charge in [0, 0.05) is 6.92 Å². The SMILES string of the molecule is CC#N.CC(C)CON=O. The summed E-state index contributed by atoms with van der Waals surface area (Å²) in [6.07, 6.45) is 0. The van der Waals surface area contributed by atoms with Crippen LogP contribution in [0.5, 0.6) is 0 Å². The first kappa shape index (κ1) is 11.7. The summed E-state index contributed by atoms with van der Waals surface area (Å²) in [6.45, 7) is 5.75. The van der Waals surface area contributed by atoms with E-state index in [2.05, 4.69) is 10.2 Å². The van der Waals surface area contributed by atoms with E-state index in [9.17, 15) is 4.91 Å². The van der Waals surface area contributed by atoms with Crippen LogP contribution >= 0.6 is 0 Å². The lowest BCUT2D eigenvalue weighted by molar-refractivity contribution is 0.114. The van der Waals surface area contributed by atoms with Crippen LogP contribution < -0.4 is 0 Å². The lowest BCUT2D eigenvalue weighted by Crippen LogP contribution is -1.95. The van der Waals surface area contributed by atoms with Crippen LogP contribution in [0.25, 0.3) is 0 Å². The van der Waals surface area contributed by atoms with Crippen molar-refractivity contribution in [2.45, 2.75) is 20.8 Å². The van der Waals surface area contributed by atoms with Gasteiger partial charge >= 0.3 is 0 Å². The van der Waals surface area contributed by atoms with Crippen molar-refractivity contribution in [2.75, 3.05) is 6.61 Å². The molecule has 0 saturated heterocycles. The third-order valence-electron chi connectivity index (χ3n) is 0.461. The van der Waals surface area contributed by atoms with Crippen molar-refractivity contribution in [3.8, 4) is 6.07 Å². The second kappa shape index (κ2) is 10.8. The highest BCUT2D eigenvalue weighted by Crippen LogP contribution is 1.90. The van der Waals surface area contributed by atoms with E-state index in [-0.39, 0.29) is 0 Å². The zero-order valence-electron chi connectivity index (χ0n) is 6.50. The van der Waals surface area contributed by atoms with E-state index in [0.29, 0.717) is 12.5 Å². The molecule has 0 aromatic heterocycles. The summed E-state index contributed by atoms with van der Waals surface area (Å²) in [5.74, 6) is 0.387. The van der Waals surface area contributed by atoms with Crippen molar-refractivity contribution in [3.05, 3.63) is 4.91 Å². The van der Waals surface area contributed by atoms with Gasteiger partial charge in [-0.3, -0.25) is 0 Å². The minimum atomic E-state index is 0.387. The Kier molecular flexibility index (Phi) is 12.6. The lowest BCUT2D eigenvalue weighted by atomic mass is 10.2. The topological polar surface area (TPSA) is 62.4 Å². The van der Waals surface area contributed by atoms with E-state index in [1.165, 1.54) is 6.92 Å². The van der Waals surface area contributed by atoms with Gasteiger partial charge in [-0.2, -0.15) is 5.26 Å². The minimum absolute atomic E-state index is 0.387. The molecule has 0 unspecified atom stereocenters. The third kappa shape index (κ3) is 28.6. The number of hydrogen-bond donors (Lipinski definition) is 0. The van der Waals surface area contributed by atoms with Crippen molar-refractivity contribution in [3.63, 3.8) is 0 Å². The summed E-state index contributed by atoms with van der Waals surface area (Å²) in [5.41, 5.74) is 0. The average Bonchev–Trinajstić information content (AvgIpc) is 1.85. The van der Waals surface area contributed by atoms with Crippen LogP contribution in [0.4, 0.5) is 0 Å². The van der Waals surface area contributed by atoms with Crippen LogP contribution in [0.3, 0.4) is 0 Å². The first-order valence-electron chi connectivity index (χ1n) is 2.94. The number of nitriles is 1. The summed E-state index contributed by atoms with van der Waals surface area (Å²) in [6, 6.07) is 1.75. The van der Waals surface area contributed by atoms with E-state index in [1.807, 2.05) is 13.8 Å². The van der Waals surface area contributed by atoms with Crippen LogP contribution in [0.15, 0.2) is 5.34 Å². The first-order chi connectivity index (χ1) is 4.68. The molecule has 0 spiro atoms. The number of nitrogens with zero attached hydrogens (tertiary/aromatic N) is 2.